The quantitative estimate of drug-likeness (QED) is 0.202. The summed E-state index contributed by atoms with van der Waals surface area (Å²) in [6.45, 7) is -0.536. The Labute approximate surface area is 282 Å². The monoisotopic (exact) mass is 659 g/mol. The van der Waals surface area contributed by atoms with Gasteiger partial charge in [-0.1, -0.05) is 103 Å². The number of rotatable bonds is 6. The molecule has 1 saturated heterocycles. The maximum Gasteiger partial charge on any atom is 0.272 e. The van der Waals surface area contributed by atoms with Gasteiger partial charge in [-0.25, -0.2) is 4.39 Å². The first-order chi connectivity index (χ1) is 23.7. The van der Waals surface area contributed by atoms with Gasteiger partial charge in [0.25, 0.3) is 11.8 Å². The average molecular weight is 660 g/mol. The number of carbonyl (C=O) groups excluding carboxylic acids is 5. The zero-order valence-corrected chi connectivity index (χ0v) is 26.3. The third kappa shape index (κ3) is 10.1. The lowest BCUT2D eigenvalue weighted by Crippen LogP contribution is -2.56. The number of nitrogens with one attached hydrogen (secondary N) is 5. The van der Waals surface area contributed by atoms with Gasteiger partial charge >= 0.3 is 0 Å². The molecule has 0 bridgehead atoms. The molecule has 5 N–H and O–H groups in total. The fourth-order valence-electron chi connectivity index (χ4n) is 5.06. The molecule has 4 aromatic carbocycles. The van der Waals surface area contributed by atoms with Crippen molar-refractivity contribution in [1.29, 1.82) is 0 Å². The van der Waals surface area contributed by atoms with Crippen molar-refractivity contribution in [2.75, 3.05) is 6.54 Å². The molecule has 0 spiro atoms. The molecule has 2 atom stereocenters. The smallest absolute Gasteiger partial charge is 0.272 e. The number of carbonyl (C=O) groups is 5. The summed E-state index contributed by atoms with van der Waals surface area (Å²) in [5.74, 6) is -4.18. The number of halogens is 1. The van der Waals surface area contributed by atoms with Gasteiger partial charge in [0.05, 0.1) is 6.54 Å². The summed E-state index contributed by atoms with van der Waals surface area (Å²) in [5.41, 5.74) is 2.06. The molecule has 49 heavy (non-hydrogen) atoms. The molecule has 0 radical (unpaired) electrons. The molecule has 1 aliphatic heterocycles. The van der Waals surface area contributed by atoms with Crippen molar-refractivity contribution in [3.8, 4) is 0 Å². The molecule has 0 unspecified atom stereocenters. The largest absolute Gasteiger partial charge is 0.345 e. The van der Waals surface area contributed by atoms with Crippen LogP contribution in [0.1, 0.15) is 22.3 Å². The average Bonchev–Trinajstić information content (AvgIpc) is 3.11. The summed E-state index contributed by atoms with van der Waals surface area (Å²) in [7, 11) is 0. The topological polar surface area (TPSA) is 146 Å². The fourth-order valence-corrected chi connectivity index (χ4v) is 5.06. The van der Waals surface area contributed by atoms with E-state index >= 15 is 0 Å². The second-order valence-electron chi connectivity index (χ2n) is 11.3. The Kier molecular flexibility index (Phi) is 11.4. The third-order valence-electron chi connectivity index (χ3n) is 7.55. The summed E-state index contributed by atoms with van der Waals surface area (Å²) < 4.78 is 13.6. The summed E-state index contributed by atoms with van der Waals surface area (Å²) in [6.07, 6.45) is 2.90. The number of benzene rings is 4. The van der Waals surface area contributed by atoms with Crippen LogP contribution in [-0.2, 0) is 36.8 Å². The van der Waals surface area contributed by atoms with Crippen molar-refractivity contribution < 1.29 is 28.4 Å². The molecule has 1 heterocycles. The zero-order valence-electron chi connectivity index (χ0n) is 26.3. The number of hydrogen-bond donors (Lipinski definition) is 5. The summed E-state index contributed by atoms with van der Waals surface area (Å²) >= 11 is 0. The van der Waals surface area contributed by atoms with Crippen molar-refractivity contribution in [3.63, 3.8) is 0 Å². The minimum absolute atomic E-state index is 0.0379. The fraction of sp³-hybridized carbons (Fsp3) is 0.132. The molecular weight excluding hydrogens is 625 g/mol. The van der Waals surface area contributed by atoms with Crippen LogP contribution in [0.3, 0.4) is 0 Å². The van der Waals surface area contributed by atoms with Gasteiger partial charge < -0.3 is 26.6 Å². The minimum atomic E-state index is -1.20. The van der Waals surface area contributed by atoms with Crippen molar-refractivity contribution >= 4 is 41.7 Å². The van der Waals surface area contributed by atoms with Crippen molar-refractivity contribution in [2.24, 2.45) is 0 Å². The van der Waals surface area contributed by atoms with E-state index in [1.165, 1.54) is 36.4 Å². The summed E-state index contributed by atoms with van der Waals surface area (Å²) in [5, 5.41) is 13.1. The highest BCUT2D eigenvalue weighted by Crippen LogP contribution is 2.12. The van der Waals surface area contributed by atoms with E-state index < -0.39 is 54.0 Å². The van der Waals surface area contributed by atoms with E-state index in [9.17, 15) is 28.4 Å². The second kappa shape index (κ2) is 16.5. The van der Waals surface area contributed by atoms with Crippen LogP contribution in [0.25, 0.3) is 12.2 Å². The van der Waals surface area contributed by atoms with Gasteiger partial charge in [0.2, 0.25) is 17.7 Å². The molecule has 5 amide bonds. The highest BCUT2D eigenvalue weighted by Gasteiger charge is 2.30. The lowest BCUT2D eigenvalue weighted by atomic mass is 10.0. The van der Waals surface area contributed by atoms with Crippen LogP contribution in [-0.4, -0.2) is 48.2 Å². The molecule has 1 aliphatic rings. The van der Waals surface area contributed by atoms with Crippen molar-refractivity contribution in [1.82, 2.24) is 26.6 Å². The van der Waals surface area contributed by atoms with Gasteiger partial charge in [0.15, 0.2) is 0 Å². The Bertz CT molecular complexity index is 1860. The predicted molar refractivity (Wildman–Crippen MR) is 182 cm³/mol. The van der Waals surface area contributed by atoms with E-state index in [2.05, 4.69) is 26.6 Å². The van der Waals surface area contributed by atoms with E-state index in [-0.39, 0.29) is 24.2 Å². The van der Waals surface area contributed by atoms with Gasteiger partial charge in [-0.2, -0.15) is 0 Å². The Balaban J connectivity index is 1.55. The van der Waals surface area contributed by atoms with E-state index in [0.29, 0.717) is 16.7 Å². The van der Waals surface area contributed by atoms with Crippen LogP contribution < -0.4 is 26.6 Å². The Hall–Kier alpha value is -6.36. The van der Waals surface area contributed by atoms with Gasteiger partial charge in [-0.15, -0.1) is 0 Å². The van der Waals surface area contributed by atoms with E-state index in [0.717, 1.165) is 5.56 Å². The standard InChI is InChI=1S/C38H34FN5O5/c39-29-18-16-28(17-19-29)23-30-35(46)40-24-34(45)41-31(20-25-10-4-1-5-11-25)36(47)43-33(22-27-14-8-3-9-15-27)38(49)44-32(37(48)42-30)21-26-12-6-2-7-13-26/h1-20,22,30,32H,21,23-24H2,(H,40,46)(H,41,45)(H,42,48)(H,43,47)(H,44,49)/b31-20-,33-22-/t30-,32+/m0/s1. The molecular formula is C38H34FN5O5. The molecule has 0 aromatic heterocycles. The van der Waals surface area contributed by atoms with Crippen molar-refractivity contribution in [3.05, 3.63) is 155 Å². The predicted octanol–water partition coefficient (Wildman–Crippen LogP) is 3.02. The normalized spacial score (nSPS) is 19.5. The molecule has 10 nitrogen and oxygen atoms in total. The third-order valence-corrected chi connectivity index (χ3v) is 7.55. The highest BCUT2D eigenvalue weighted by atomic mass is 19.1. The van der Waals surface area contributed by atoms with E-state index in [1.807, 2.05) is 6.07 Å². The zero-order chi connectivity index (χ0) is 34.6. The first kappa shape index (κ1) is 34.0. The maximum atomic E-state index is 14.0. The van der Waals surface area contributed by atoms with Gasteiger partial charge in [0.1, 0.15) is 29.3 Å². The molecule has 5 rings (SSSR count). The van der Waals surface area contributed by atoms with Crippen LogP contribution >= 0.6 is 0 Å². The molecule has 248 valence electrons. The van der Waals surface area contributed by atoms with Crippen LogP contribution in [0.2, 0.25) is 0 Å². The van der Waals surface area contributed by atoms with E-state index in [4.69, 9.17) is 0 Å². The SMILES string of the molecule is O=C1CNC(=O)[C@H](Cc2ccc(F)cc2)NC(=O)[C@@H](Cc2ccccc2)NC(=O)/C(=C/c2ccccc2)NC(=O)/C(=C/c2ccccc2)N1. The van der Waals surface area contributed by atoms with Gasteiger partial charge in [-0.3, -0.25) is 24.0 Å². The molecule has 1 fully saturated rings. The van der Waals surface area contributed by atoms with Crippen molar-refractivity contribution in [2.45, 2.75) is 24.9 Å². The number of amides is 5. The lowest BCUT2D eigenvalue weighted by molar-refractivity contribution is -0.132. The molecule has 11 heteroatoms. The van der Waals surface area contributed by atoms with Crippen LogP contribution in [0.5, 0.6) is 0 Å². The van der Waals surface area contributed by atoms with E-state index in [1.54, 1.807) is 84.9 Å². The Morgan fingerprint density at radius 3 is 1.61 bits per heavy atom. The van der Waals surface area contributed by atoms with Gasteiger partial charge in [-0.05, 0) is 46.5 Å². The number of hydrogen-bond acceptors (Lipinski definition) is 5. The second-order valence-corrected chi connectivity index (χ2v) is 11.3. The molecule has 4 aromatic rings. The first-order valence-electron chi connectivity index (χ1n) is 15.6. The summed E-state index contributed by atoms with van der Waals surface area (Å²) in [4.78, 5) is 68.1. The summed E-state index contributed by atoms with van der Waals surface area (Å²) in [6, 6.07) is 29.5. The molecule has 0 saturated carbocycles. The Morgan fingerprint density at radius 2 is 1.04 bits per heavy atom. The van der Waals surface area contributed by atoms with Crippen LogP contribution in [0, 0.1) is 5.82 Å². The van der Waals surface area contributed by atoms with Crippen LogP contribution in [0.15, 0.2) is 127 Å². The lowest BCUT2D eigenvalue weighted by Gasteiger charge is -2.24. The first-order valence-corrected chi connectivity index (χ1v) is 15.6. The molecule has 0 aliphatic carbocycles. The minimum Gasteiger partial charge on any atom is -0.345 e. The van der Waals surface area contributed by atoms with Crippen LogP contribution in [0.4, 0.5) is 4.39 Å². The highest BCUT2D eigenvalue weighted by molar-refractivity contribution is 6.09. The maximum absolute atomic E-state index is 14.0. The Morgan fingerprint density at radius 1 is 0.551 bits per heavy atom. The van der Waals surface area contributed by atoms with Gasteiger partial charge in [0, 0.05) is 12.8 Å².